The molecular weight excluding hydrogens is 188 g/mol. The summed E-state index contributed by atoms with van der Waals surface area (Å²) in [5.41, 5.74) is 1.43. The molecule has 0 bridgehead atoms. The molecule has 0 radical (unpaired) electrons. The Morgan fingerprint density at radius 3 is 3.00 bits per heavy atom. The average molecular weight is 193 g/mol. The predicted octanol–water partition coefficient (Wildman–Crippen LogP) is 2.84. The van der Waals surface area contributed by atoms with Gasteiger partial charge in [0.25, 0.3) is 0 Å². The molecule has 2 aromatic rings. The molecule has 0 N–H and O–H groups in total. The summed E-state index contributed by atoms with van der Waals surface area (Å²) in [5.74, 6) is 1.64. The summed E-state index contributed by atoms with van der Waals surface area (Å²) in [6.07, 6.45) is 1.59. The lowest BCUT2D eigenvalue weighted by molar-refractivity contribution is 0.570. The van der Waals surface area contributed by atoms with Crippen LogP contribution in [0.3, 0.4) is 0 Å². The largest absolute Gasteiger partial charge is 0.464 e. The molecule has 2 rings (SSSR count). The minimum atomic E-state index is 0.0862. The minimum absolute atomic E-state index is 0.0862. The van der Waals surface area contributed by atoms with Crippen LogP contribution in [0.4, 0.5) is 0 Å². The van der Waals surface area contributed by atoms with Crippen molar-refractivity contribution in [3.05, 3.63) is 36.1 Å². The quantitative estimate of drug-likeness (QED) is 0.651. The van der Waals surface area contributed by atoms with E-state index in [1.165, 1.54) is 0 Å². The van der Waals surface area contributed by atoms with E-state index in [0.29, 0.717) is 5.56 Å². The number of benzene rings is 1. The Morgan fingerprint density at radius 2 is 2.23 bits per heavy atom. The van der Waals surface area contributed by atoms with E-state index in [1.807, 2.05) is 6.07 Å². The second-order valence-electron chi connectivity index (χ2n) is 2.59. The van der Waals surface area contributed by atoms with Crippen LogP contribution in [0, 0.1) is 0 Å². The maximum Gasteiger partial charge on any atom is 0.145 e. The van der Waals surface area contributed by atoms with Crippen LogP contribution in [0.5, 0.6) is 0 Å². The van der Waals surface area contributed by atoms with Crippen LogP contribution in [0.25, 0.3) is 16.0 Å². The lowest BCUT2D eigenvalue weighted by Crippen LogP contribution is -1.76. The van der Waals surface area contributed by atoms with Crippen molar-refractivity contribution >= 4 is 33.5 Å². The first-order chi connectivity index (χ1) is 6.31. The Kier molecular flexibility index (Phi) is 1.93. The van der Waals surface area contributed by atoms with Gasteiger partial charge in [0.05, 0.1) is 6.26 Å². The van der Waals surface area contributed by atoms with E-state index in [9.17, 15) is 4.79 Å². The normalized spacial score (nSPS) is 9.92. The van der Waals surface area contributed by atoms with E-state index in [1.54, 1.807) is 30.4 Å². The number of fused-ring (bicyclic) bond motifs is 1. The molecule has 0 amide bonds. The third kappa shape index (κ3) is 1.37. The van der Waals surface area contributed by atoms with Gasteiger partial charge in [-0.1, -0.05) is 11.6 Å². The van der Waals surface area contributed by atoms with Gasteiger partial charge >= 0.3 is 0 Å². The molecule has 0 aliphatic carbocycles. The molecular formula is C10H5ClO2. The molecule has 13 heavy (non-hydrogen) atoms. The first-order valence-corrected chi connectivity index (χ1v) is 4.07. The molecule has 0 saturated heterocycles. The van der Waals surface area contributed by atoms with Crippen LogP contribution in [0.15, 0.2) is 34.9 Å². The van der Waals surface area contributed by atoms with Gasteiger partial charge in [-0.05, 0) is 24.3 Å². The van der Waals surface area contributed by atoms with Gasteiger partial charge in [0, 0.05) is 10.9 Å². The molecule has 1 aromatic carbocycles. The van der Waals surface area contributed by atoms with Crippen LogP contribution < -0.4 is 0 Å². The number of hydrogen-bond donors (Lipinski definition) is 0. The van der Waals surface area contributed by atoms with Crippen LogP contribution in [0.1, 0.15) is 5.56 Å². The van der Waals surface area contributed by atoms with Gasteiger partial charge in [0.1, 0.15) is 16.6 Å². The van der Waals surface area contributed by atoms with Crippen LogP contribution in [-0.4, -0.2) is 5.94 Å². The smallest absolute Gasteiger partial charge is 0.145 e. The number of furan rings is 1. The molecule has 1 aromatic heterocycles. The first-order valence-electron chi connectivity index (χ1n) is 3.69. The summed E-state index contributed by atoms with van der Waals surface area (Å²) in [6, 6.07) is 7.09. The number of hydrogen-bond acceptors (Lipinski definition) is 2. The maximum atomic E-state index is 10.3. The fourth-order valence-electron chi connectivity index (χ4n) is 1.16. The molecule has 3 heteroatoms. The SMILES string of the molecule is O=C=C(Cl)c1ccc2occc2c1. The topological polar surface area (TPSA) is 30.2 Å². The lowest BCUT2D eigenvalue weighted by atomic mass is 10.1. The van der Waals surface area contributed by atoms with E-state index >= 15 is 0 Å². The van der Waals surface area contributed by atoms with Crippen molar-refractivity contribution in [3.8, 4) is 0 Å². The Hall–Kier alpha value is -1.50. The maximum absolute atomic E-state index is 10.3. The van der Waals surface area contributed by atoms with Gasteiger partial charge in [-0.2, -0.15) is 0 Å². The Bertz CT molecular complexity index is 492. The third-order valence-corrected chi connectivity index (χ3v) is 2.09. The molecule has 0 aliphatic heterocycles. The molecule has 0 spiro atoms. The Balaban J connectivity index is 2.67. The summed E-state index contributed by atoms with van der Waals surface area (Å²) >= 11 is 5.62. The fraction of sp³-hybridized carbons (Fsp3) is 0. The molecule has 1 heterocycles. The highest BCUT2D eigenvalue weighted by Gasteiger charge is 2.01. The summed E-state index contributed by atoms with van der Waals surface area (Å²) in [4.78, 5) is 10.3. The average Bonchev–Trinajstić information content (AvgIpc) is 2.63. The van der Waals surface area contributed by atoms with Crippen LogP contribution in [0.2, 0.25) is 0 Å². The highest BCUT2D eigenvalue weighted by atomic mass is 35.5. The Labute approximate surface area is 79.4 Å². The zero-order valence-electron chi connectivity index (χ0n) is 6.58. The van der Waals surface area contributed by atoms with Gasteiger partial charge in [-0.3, -0.25) is 0 Å². The van der Waals surface area contributed by atoms with Gasteiger partial charge in [0.15, 0.2) is 0 Å². The van der Waals surface area contributed by atoms with E-state index in [2.05, 4.69) is 0 Å². The molecule has 64 valence electrons. The summed E-state index contributed by atoms with van der Waals surface area (Å²) in [6.45, 7) is 0. The second-order valence-corrected chi connectivity index (χ2v) is 2.97. The summed E-state index contributed by atoms with van der Waals surface area (Å²) in [5, 5.41) is 1.01. The first kappa shape index (κ1) is 8.11. The van der Waals surface area contributed by atoms with Crippen molar-refractivity contribution in [2.45, 2.75) is 0 Å². The molecule has 0 aliphatic rings. The van der Waals surface area contributed by atoms with Gasteiger partial charge in [0.2, 0.25) is 0 Å². The monoisotopic (exact) mass is 192 g/mol. The predicted molar refractivity (Wildman–Crippen MR) is 51.2 cm³/mol. The van der Waals surface area contributed by atoms with E-state index < -0.39 is 0 Å². The fourth-order valence-corrected chi connectivity index (χ4v) is 1.28. The second kappa shape index (κ2) is 3.09. The summed E-state index contributed by atoms with van der Waals surface area (Å²) in [7, 11) is 0. The van der Waals surface area contributed by atoms with Gasteiger partial charge < -0.3 is 4.42 Å². The van der Waals surface area contributed by atoms with Crippen molar-refractivity contribution in [1.29, 1.82) is 0 Å². The number of halogens is 1. The third-order valence-electron chi connectivity index (χ3n) is 1.80. The van der Waals surface area contributed by atoms with Gasteiger partial charge in [-0.25, -0.2) is 4.79 Å². The molecule has 0 atom stereocenters. The van der Waals surface area contributed by atoms with E-state index in [0.717, 1.165) is 11.0 Å². The number of rotatable bonds is 1. The van der Waals surface area contributed by atoms with Gasteiger partial charge in [-0.15, -0.1) is 0 Å². The molecule has 0 fully saturated rings. The molecule has 0 unspecified atom stereocenters. The van der Waals surface area contributed by atoms with Crippen molar-refractivity contribution in [2.24, 2.45) is 0 Å². The van der Waals surface area contributed by atoms with E-state index in [4.69, 9.17) is 16.0 Å². The Morgan fingerprint density at radius 1 is 1.38 bits per heavy atom. The standard InChI is InChI=1S/C10H5ClO2/c11-9(6-12)7-1-2-10-8(5-7)3-4-13-10/h1-5H. The van der Waals surface area contributed by atoms with E-state index in [-0.39, 0.29) is 5.03 Å². The lowest BCUT2D eigenvalue weighted by Gasteiger charge is -1.94. The van der Waals surface area contributed by atoms with Crippen molar-refractivity contribution in [2.75, 3.05) is 0 Å². The molecule has 0 saturated carbocycles. The summed E-state index contributed by atoms with van der Waals surface area (Å²) < 4.78 is 5.14. The highest BCUT2D eigenvalue weighted by Crippen LogP contribution is 2.22. The minimum Gasteiger partial charge on any atom is -0.464 e. The van der Waals surface area contributed by atoms with Crippen LogP contribution >= 0.6 is 11.6 Å². The van der Waals surface area contributed by atoms with Crippen LogP contribution in [-0.2, 0) is 4.79 Å². The van der Waals surface area contributed by atoms with Crippen molar-refractivity contribution in [3.63, 3.8) is 0 Å². The van der Waals surface area contributed by atoms with Crippen molar-refractivity contribution in [1.82, 2.24) is 0 Å². The molecule has 2 nitrogen and oxygen atoms in total. The number of carbonyl (C=O) groups excluding carboxylic acids is 1. The zero-order valence-corrected chi connectivity index (χ0v) is 7.34. The zero-order chi connectivity index (χ0) is 9.26. The van der Waals surface area contributed by atoms with Crippen molar-refractivity contribution < 1.29 is 9.21 Å². The highest BCUT2D eigenvalue weighted by molar-refractivity contribution is 6.53.